The van der Waals surface area contributed by atoms with E-state index in [0.717, 1.165) is 12.0 Å². The van der Waals surface area contributed by atoms with Crippen molar-refractivity contribution < 1.29 is 0 Å². The molecule has 100 valence electrons. The maximum absolute atomic E-state index is 3.83. The molecular formula is C17H27N. The summed E-state index contributed by atoms with van der Waals surface area (Å²) < 4.78 is 0. The Labute approximate surface area is 112 Å². The molecule has 1 saturated carbocycles. The van der Waals surface area contributed by atoms with Crippen LogP contribution in [0.2, 0.25) is 0 Å². The van der Waals surface area contributed by atoms with Crippen molar-refractivity contribution in [1.29, 1.82) is 0 Å². The van der Waals surface area contributed by atoms with Crippen molar-refractivity contribution in [3.8, 4) is 0 Å². The van der Waals surface area contributed by atoms with Crippen molar-refractivity contribution >= 4 is 0 Å². The first-order chi connectivity index (χ1) is 8.47. The van der Waals surface area contributed by atoms with Crippen LogP contribution in [0.4, 0.5) is 0 Å². The van der Waals surface area contributed by atoms with Crippen LogP contribution in [-0.2, 0) is 0 Å². The van der Waals surface area contributed by atoms with E-state index < -0.39 is 0 Å². The zero-order valence-corrected chi connectivity index (χ0v) is 12.5. The number of benzene rings is 1. The van der Waals surface area contributed by atoms with Gasteiger partial charge in [0.25, 0.3) is 0 Å². The first-order valence-corrected chi connectivity index (χ1v) is 7.31. The molecule has 0 radical (unpaired) electrons. The summed E-state index contributed by atoms with van der Waals surface area (Å²) >= 11 is 0. The van der Waals surface area contributed by atoms with Crippen LogP contribution >= 0.6 is 0 Å². The van der Waals surface area contributed by atoms with Gasteiger partial charge in [0.15, 0.2) is 0 Å². The second-order valence-corrected chi connectivity index (χ2v) is 6.32. The topological polar surface area (TPSA) is 12.0 Å². The van der Waals surface area contributed by atoms with E-state index in [9.17, 15) is 0 Å². The van der Waals surface area contributed by atoms with Crippen molar-refractivity contribution in [3.05, 3.63) is 34.4 Å². The average Bonchev–Trinajstić information content (AvgIpc) is 2.62. The average molecular weight is 245 g/mol. The number of hydrogen-bond donors (Lipinski definition) is 1. The van der Waals surface area contributed by atoms with Gasteiger partial charge in [-0.15, -0.1) is 0 Å². The molecule has 1 fully saturated rings. The standard InChI is InChI=1S/C17H27N/c1-11-6-7-16(10-11)18-15(5)17-13(3)8-12(2)9-14(17)4/h8-9,11,15-16,18H,6-7,10H2,1-5H3. The quantitative estimate of drug-likeness (QED) is 0.829. The van der Waals surface area contributed by atoms with Crippen LogP contribution in [-0.4, -0.2) is 6.04 Å². The van der Waals surface area contributed by atoms with E-state index >= 15 is 0 Å². The first-order valence-electron chi connectivity index (χ1n) is 7.31. The van der Waals surface area contributed by atoms with Crippen molar-refractivity contribution in [3.63, 3.8) is 0 Å². The summed E-state index contributed by atoms with van der Waals surface area (Å²) in [6.45, 7) is 11.3. The van der Waals surface area contributed by atoms with Gasteiger partial charge in [0.2, 0.25) is 0 Å². The van der Waals surface area contributed by atoms with Crippen LogP contribution < -0.4 is 5.32 Å². The fraction of sp³-hybridized carbons (Fsp3) is 0.647. The smallest absolute Gasteiger partial charge is 0.0299 e. The SMILES string of the molecule is Cc1cc(C)c(C(C)NC2CCC(C)C2)c(C)c1. The Bertz CT molecular complexity index is 399. The molecule has 1 aliphatic rings. The van der Waals surface area contributed by atoms with Gasteiger partial charge in [-0.3, -0.25) is 0 Å². The monoisotopic (exact) mass is 245 g/mol. The first kappa shape index (κ1) is 13.6. The predicted molar refractivity (Wildman–Crippen MR) is 79.0 cm³/mol. The molecule has 2 rings (SSSR count). The predicted octanol–water partition coefficient (Wildman–Crippen LogP) is 4.45. The maximum Gasteiger partial charge on any atom is 0.0299 e. The van der Waals surface area contributed by atoms with E-state index in [4.69, 9.17) is 0 Å². The fourth-order valence-corrected chi connectivity index (χ4v) is 3.67. The Hall–Kier alpha value is -0.820. The summed E-state index contributed by atoms with van der Waals surface area (Å²) in [5.41, 5.74) is 5.73. The highest BCUT2D eigenvalue weighted by Gasteiger charge is 2.23. The van der Waals surface area contributed by atoms with E-state index in [-0.39, 0.29) is 0 Å². The highest BCUT2D eigenvalue weighted by atomic mass is 14.9. The molecule has 0 aliphatic heterocycles. The zero-order valence-electron chi connectivity index (χ0n) is 12.5. The molecule has 1 aromatic rings. The number of rotatable bonds is 3. The summed E-state index contributed by atoms with van der Waals surface area (Å²) in [6.07, 6.45) is 4.07. The van der Waals surface area contributed by atoms with Crippen LogP contribution in [0, 0.1) is 26.7 Å². The Kier molecular flexibility index (Phi) is 4.11. The van der Waals surface area contributed by atoms with Crippen molar-refractivity contribution in [2.24, 2.45) is 5.92 Å². The van der Waals surface area contributed by atoms with Crippen LogP contribution in [0.1, 0.15) is 61.4 Å². The lowest BCUT2D eigenvalue weighted by Crippen LogP contribution is -2.30. The van der Waals surface area contributed by atoms with Crippen LogP contribution in [0.5, 0.6) is 0 Å². The van der Waals surface area contributed by atoms with Gasteiger partial charge in [0, 0.05) is 12.1 Å². The molecule has 18 heavy (non-hydrogen) atoms. The molecule has 0 aromatic heterocycles. The van der Waals surface area contributed by atoms with Gasteiger partial charge >= 0.3 is 0 Å². The summed E-state index contributed by atoms with van der Waals surface area (Å²) in [6, 6.07) is 5.80. The lowest BCUT2D eigenvalue weighted by atomic mass is 9.94. The third-order valence-corrected chi connectivity index (χ3v) is 4.35. The van der Waals surface area contributed by atoms with Gasteiger partial charge in [-0.25, -0.2) is 0 Å². The molecule has 1 aromatic carbocycles. The van der Waals surface area contributed by atoms with Gasteiger partial charge in [0.05, 0.1) is 0 Å². The fourth-order valence-electron chi connectivity index (χ4n) is 3.67. The second kappa shape index (κ2) is 5.44. The third kappa shape index (κ3) is 2.95. The lowest BCUT2D eigenvalue weighted by Gasteiger charge is -2.23. The largest absolute Gasteiger partial charge is 0.307 e. The molecule has 1 aliphatic carbocycles. The van der Waals surface area contributed by atoms with E-state index in [1.807, 2.05) is 0 Å². The van der Waals surface area contributed by atoms with Crippen molar-refractivity contribution in [1.82, 2.24) is 5.32 Å². The minimum absolute atomic E-state index is 0.473. The van der Waals surface area contributed by atoms with E-state index in [0.29, 0.717) is 6.04 Å². The normalized spacial score (nSPS) is 25.4. The van der Waals surface area contributed by atoms with Crippen LogP contribution in [0.3, 0.4) is 0 Å². The number of hydrogen-bond acceptors (Lipinski definition) is 1. The Morgan fingerprint density at radius 2 is 1.72 bits per heavy atom. The lowest BCUT2D eigenvalue weighted by molar-refractivity contribution is 0.447. The third-order valence-electron chi connectivity index (χ3n) is 4.35. The highest BCUT2D eigenvalue weighted by Crippen LogP contribution is 2.29. The molecular weight excluding hydrogens is 218 g/mol. The molecule has 0 amide bonds. The summed E-state index contributed by atoms with van der Waals surface area (Å²) in [5.74, 6) is 0.898. The molecule has 0 spiro atoms. The maximum atomic E-state index is 3.83. The molecule has 1 N–H and O–H groups in total. The molecule has 3 unspecified atom stereocenters. The van der Waals surface area contributed by atoms with E-state index in [2.05, 4.69) is 52.1 Å². The summed E-state index contributed by atoms with van der Waals surface area (Å²) in [7, 11) is 0. The Balaban J connectivity index is 2.11. The van der Waals surface area contributed by atoms with Gasteiger partial charge in [-0.2, -0.15) is 0 Å². The number of aryl methyl sites for hydroxylation is 3. The summed E-state index contributed by atoms with van der Waals surface area (Å²) in [4.78, 5) is 0. The molecule has 1 heteroatoms. The highest BCUT2D eigenvalue weighted by molar-refractivity contribution is 5.39. The number of nitrogens with one attached hydrogen (secondary N) is 1. The van der Waals surface area contributed by atoms with Crippen LogP contribution in [0.15, 0.2) is 12.1 Å². The molecule has 0 heterocycles. The van der Waals surface area contributed by atoms with E-state index in [1.165, 1.54) is 41.5 Å². The molecule has 0 saturated heterocycles. The van der Waals surface area contributed by atoms with E-state index in [1.54, 1.807) is 0 Å². The molecule has 1 nitrogen and oxygen atoms in total. The zero-order chi connectivity index (χ0) is 13.3. The minimum atomic E-state index is 0.473. The van der Waals surface area contributed by atoms with Gasteiger partial charge in [-0.1, -0.05) is 24.6 Å². The summed E-state index contributed by atoms with van der Waals surface area (Å²) in [5, 5.41) is 3.83. The minimum Gasteiger partial charge on any atom is -0.307 e. The Morgan fingerprint density at radius 3 is 2.22 bits per heavy atom. The molecule has 0 bridgehead atoms. The van der Waals surface area contributed by atoms with Gasteiger partial charge in [0.1, 0.15) is 0 Å². The molecule has 3 atom stereocenters. The van der Waals surface area contributed by atoms with Gasteiger partial charge < -0.3 is 5.32 Å². The van der Waals surface area contributed by atoms with Crippen molar-refractivity contribution in [2.75, 3.05) is 0 Å². The van der Waals surface area contributed by atoms with Crippen molar-refractivity contribution in [2.45, 2.75) is 66.0 Å². The van der Waals surface area contributed by atoms with Gasteiger partial charge in [-0.05, 0) is 69.6 Å². The Morgan fingerprint density at radius 1 is 1.11 bits per heavy atom. The van der Waals surface area contributed by atoms with Crippen LogP contribution in [0.25, 0.3) is 0 Å². The second-order valence-electron chi connectivity index (χ2n) is 6.32.